The zero-order valence-corrected chi connectivity index (χ0v) is 14.6. The fourth-order valence-corrected chi connectivity index (χ4v) is 3.82. The third-order valence-electron chi connectivity index (χ3n) is 5.24. The molecule has 23 heavy (non-hydrogen) atoms. The van der Waals surface area contributed by atoms with Crippen molar-refractivity contribution < 1.29 is 5.11 Å². The monoisotopic (exact) mass is 311 g/mol. The van der Waals surface area contributed by atoms with Crippen molar-refractivity contribution in [3.63, 3.8) is 0 Å². The minimum absolute atomic E-state index is 0.0942. The summed E-state index contributed by atoms with van der Waals surface area (Å²) in [7, 11) is 2.02. The lowest BCUT2D eigenvalue weighted by atomic mass is 9.84. The zero-order valence-electron chi connectivity index (χ0n) is 14.6. The number of rotatable bonds is 6. The summed E-state index contributed by atoms with van der Waals surface area (Å²) in [4.78, 5) is 2.04. The first kappa shape index (κ1) is 16.3. The first-order valence-corrected chi connectivity index (χ1v) is 9.12. The maximum Gasteiger partial charge on any atom is 0.115 e. The molecule has 2 heteroatoms. The number of benzene rings is 1. The van der Waals surface area contributed by atoms with Crippen molar-refractivity contribution >= 4 is 11.6 Å². The fraction of sp³-hybridized carbons (Fsp3) is 0.524. The number of allylic oxidation sites excluding steroid dienone is 2. The van der Waals surface area contributed by atoms with Crippen LogP contribution in [0.3, 0.4) is 0 Å². The minimum atomic E-state index is 0.0942. The number of fused-ring (bicyclic) bond motifs is 1. The van der Waals surface area contributed by atoms with Gasteiger partial charge in [0.15, 0.2) is 0 Å². The van der Waals surface area contributed by atoms with Crippen LogP contribution in [0.4, 0.5) is 0 Å². The normalized spacial score (nSPS) is 16.5. The first-order valence-electron chi connectivity index (χ1n) is 9.12. The second-order valence-corrected chi connectivity index (χ2v) is 6.85. The highest BCUT2D eigenvalue weighted by Crippen LogP contribution is 2.35. The van der Waals surface area contributed by atoms with E-state index in [-0.39, 0.29) is 6.73 Å². The van der Waals surface area contributed by atoms with E-state index in [1.54, 1.807) is 0 Å². The van der Waals surface area contributed by atoms with Gasteiger partial charge in [0.05, 0.1) is 0 Å². The number of hydrogen-bond donors (Lipinski definition) is 1. The van der Waals surface area contributed by atoms with Gasteiger partial charge in [-0.25, -0.2) is 0 Å². The molecule has 0 radical (unpaired) electrons. The highest BCUT2D eigenvalue weighted by molar-refractivity contribution is 5.68. The molecule has 0 amide bonds. The summed E-state index contributed by atoms with van der Waals surface area (Å²) in [6, 6.07) is 6.78. The lowest BCUT2D eigenvalue weighted by molar-refractivity contribution is 0.165. The Morgan fingerprint density at radius 1 is 1.22 bits per heavy atom. The van der Waals surface area contributed by atoms with Crippen LogP contribution in [0, 0.1) is 0 Å². The van der Waals surface area contributed by atoms with Crippen LogP contribution in [0.1, 0.15) is 57.4 Å². The number of nitrogens with zero attached hydrogens (tertiary/aromatic N) is 1. The van der Waals surface area contributed by atoms with Gasteiger partial charge in [-0.2, -0.15) is 0 Å². The van der Waals surface area contributed by atoms with Gasteiger partial charge in [0, 0.05) is 12.7 Å². The van der Waals surface area contributed by atoms with Crippen molar-refractivity contribution in [1.82, 2.24) is 4.90 Å². The van der Waals surface area contributed by atoms with Gasteiger partial charge in [0.25, 0.3) is 0 Å². The van der Waals surface area contributed by atoms with Crippen LogP contribution in [0.5, 0.6) is 0 Å². The standard InChI is InChI=1S/C21H29NO/c1-3-4-8-16-9-6-13-19-18(16)12-7-14-20(19)21(22(2)15-23)17-10-5-11-17/h6,9,12-13,23H,3-5,7-8,10-11,14-15H2,1-2H3. The highest BCUT2D eigenvalue weighted by atomic mass is 16.3. The van der Waals surface area contributed by atoms with E-state index in [0.717, 1.165) is 12.8 Å². The van der Waals surface area contributed by atoms with E-state index in [9.17, 15) is 5.11 Å². The fourth-order valence-electron chi connectivity index (χ4n) is 3.82. The second kappa shape index (κ2) is 7.35. The first-order chi connectivity index (χ1) is 11.3. The molecule has 2 aliphatic carbocycles. The van der Waals surface area contributed by atoms with E-state index in [1.807, 2.05) is 11.9 Å². The molecular formula is C21H29NO. The molecule has 0 aliphatic heterocycles. The Kier molecular flexibility index (Phi) is 5.22. The summed E-state index contributed by atoms with van der Waals surface area (Å²) in [6.07, 6.45) is 12.0. The molecule has 0 atom stereocenters. The van der Waals surface area contributed by atoms with E-state index in [0.29, 0.717) is 0 Å². The molecule has 0 spiro atoms. The van der Waals surface area contributed by atoms with Crippen LogP contribution in [0.2, 0.25) is 0 Å². The molecule has 1 N–H and O–H groups in total. The smallest absolute Gasteiger partial charge is 0.115 e. The van der Waals surface area contributed by atoms with Gasteiger partial charge in [-0.3, -0.25) is 0 Å². The summed E-state index contributed by atoms with van der Waals surface area (Å²) >= 11 is 0. The number of unbranched alkanes of at least 4 members (excludes halogenated alkanes) is 1. The molecule has 0 heterocycles. The van der Waals surface area contributed by atoms with E-state index in [4.69, 9.17) is 0 Å². The summed E-state index contributed by atoms with van der Waals surface area (Å²) < 4.78 is 0. The molecule has 3 rings (SSSR count). The van der Waals surface area contributed by atoms with Crippen molar-refractivity contribution in [3.8, 4) is 0 Å². The second-order valence-electron chi connectivity index (χ2n) is 6.85. The molecule has 2 nitrogen and oxygen atoms in total. The molecule has 0 unspecified atom stereocenters. The molecule has 1 saturated carbocycles. The number of hydrogen-bond acceptors (Lipinski definition) is 2. The SMILES string of the molecule is CCCCc1cccc2c1=CCCC=2C(=C1CCC1)N(C)CO. The average molecular weight is 311 g/mol. The number of aliphatic hydroxyl groups excluding tert-OH is 1. The van der Waals surface area contributed by atoms with Crippen LogP contribution in [0.25, 0.3) is 11.6 Å². The average Bonchev–Trinajstić information content (AvgIpc) is 2.55. The van der Waals surface area contributed by atoms with Crippen LogP contribution < -0.4 is 10.4 Å². The van der Waals surface area contributed by atoms with Crippen molar-refractivity contribution in [2.24, 2.45) is 0 Å². The predicted octanol–water partition coefficient (Wildman–Crippen LogP) is 3.07. The molecule has 2 aliphatic rings. The molecule has 1 aromatic carbocycles. The van der Waals surface area contributed by atoms with Crippen LogP contribution in [-0.2, 0) is 6.42 Å². The van der Waals surface area contributed by atoms with Crippen LogP contribution in [0.15, 0.2) is 29.5 Å². The predicted molar refractivity (Wildman–Crippen MR) is 97.1 cm³/mol. The van der Waals surface area contributed by atoms with Gasteiger partial charge in [0.2, 0.25) is 0 Å². The minimum Gasteiger partial charge on any atom is -0.376 e. The molecule has 0 saturated heterocycles. The van der Waals surface area contributed by atoms with E-state index >= 15 is 0 Å². The number of aliphatic hydroxyl groups is 1. The molecular weight excluding hydrogens is 282 g/mol. The van der Waals surface area contributed by atoms with E-state index < -0.39 is 0 Å². The maximum absolute atomic E-state index is 9.69. The van der Waals surface area contributed by atoms with Crippen molar-refractivity contribution in [1.29, 1.82) is 0 Å². The van der Waals surface area contributed by atoms with E-state index in [2.05, 4.69) is 31.2 Å². The number of aryl methyl sites for hydroxylation is 1. The van der Waals surface area contributed by atoms with Crippen molar-refractivity contribution in [2.75, 3.05) is 13.8 Å². The van der Waals surface area contributed by atoms with Gasteiger partial charge >= 0.3 is 0 Å². The van der Waals surface area contributed by atoms with Crippen molar-refractivity contribution in [2.45, 2.75) is 58.3 Å². The molecule has 1 aromatic rings. The highest BCUT2D eigenvalue weighted by Gasteiger charge is 2.22. The van der Waals surface area contributed by atoms with Crippen molar-refractivity contribution in [3.05, 3.63) is 45.5 Å². The van der Waals surface area contributed by atoms with E-state index in [1.165, 1.54) is 71.4 Å². The Morgan fingerprint density at radius 2 is 2.04 bits per heavy atom. The summed E-state index contributed by atoms with van der Waals surface area (Å²) in [6.45, 7) is 2.35. The van der Waals surface area contributed by atoms with Gasteiger partial charge in [0.1, 0.15) is 6.73 Å². The van der Waals surface area contributed by atoms with Crippen LogP contribution >= 0.6 is 0 Å². The quantitative estimate of drug-likeness (QED) is 0.816. The summed E-state index contributed by atoms with van der Waals surface area (Å²) in [5.74, 6) is 0. The largest absolute Gasteiger partial charge is 0.376 e. The molecule has 1 fully saturated rings. The van der Waals surface area contributed by atoms with Gasteiger partial charge in [-0.05, 0) is 72.1 Å². The molecule has 0 aromatic heterocycles. The Morgan fingerprint density at radius 3 is 2.70 bits per heavy atom. The van der Waals surface area contributed by atoms with Gasteiger partial charge < -0.3 is 10.0 Å². The van der Waals surface area contributed by atoms with Gasteiger partial charge in [-0.1, -0.05) is 37.6 Å². The Hall–Kier alpha value is -1.54. The third kappa shape index (κ3) is 3.23. The summed E-state index contributed by atoms with van der Waals surface area (Å²) in [5, 5.41) is 12.5. The Labute approximate surface area is 139 Å². The lowest BCUT2D eigenvalue weighted by Crippen LogP contribution is -2.36. The van der Waals surface area contributed by atoms with Crippen LogP contribution in [-0.4, -0.2) is 23.8 Å². The summed E-state index contributed by atoms with van der Waals surface area (Å²) in [5.41, 5.74) is 5.79. The van der Waals surface area contributed by atoms with Gasteiger partial charge in [-0.15, -0.1) is 0 Å². The molecule has 124 valence electrons. The lowest BCUT2D eigenvalue weighted by Gasteiger charge is -2.31. The zero-order chi connectivity index (χ0) is 16.2. The Balaban J connectivity index is 2.16. The third-order valence-corrected chi connectivity index (χ3v) is 5.24. The Bertz CT molecular complexity index is 708. The molecule has 0 bridgehead atoms. The maximum atomic E-state index is 9.69. The topological polar surface area (TPSA) is 23.5 Å².